The molecule has 0 N–H and O–H groups in total. The second-order valence-electron chi connectivity index (χ2n) is 8.42. The lowest BCUT2D eigenvalue weighted by Crippen LogP contribution is -2.50. The van der Waals surface area contributed by atoms with E-state index in [1.165, 1.54) is 41.1 Å². The largest absolute Gasteiger partial charge is 0.461 e. The van der Waals surface area contributed by atoms with E-state index in [2.05, 4.69) is 47.8 Å². The number of rotatable bonds is 9. The van der Waals surface area contributed by atoms with Crippen molar-refractivity contribution in [3.8, 4) is 6.07 Å². The molecule has 0 aromatic heterocycles. The molecule has 1 aliphatic rings. The molecule has 0 saturated carbocycles. The molecule has 13 heteroatoms. The van der Waals surface area contributed by atoms with E-state index >= 15 is 0 Å². The van der Waals surface area contributed by atoms with E-state index in [9.17, 15) is 27.7 Å². The topological polar surface area (TPSA) is 108 Å². The van der Waals surface area contributed by atoms with Gasteiger partial charge >= 0.3 is 12.0 Å². The van der Waals surface area contributed by atoms with Gasteiger partial charge in [0.1, 0.15) is 13.3 Å². The molecule has 0 bridgehead atoms. The highest BCUT2D eigenvalue weighted by molar-refractivity contribution is 9.12. The van der Waals surface area contributed by atoms with Gasteiger partial charge in [-0.3, -0.25) is 4.90 Å². The number of benzene rings is 2. The second kappa shape index (κ2) is 12.7. The van der Waals surface area contributed by atoms with Crippen LogP contribution in [0.15, 0.2) is 58.6 Å². The van der Waals surface area contributed by atoms with Crippen molar-refractivity contribution in [2.45, 2.75) is 22.4 Å². The number of sulfone groups is 1. The lowest BCUT2D eigenvalue weighted by Gasteiger charge is -2.42. The minimum atomic E-state index is -3.88. The first-order valence-electron chi connectivity index (χ1n) is 11.1. The number of carbonyl (C=O) groups is 2. The summed E-state index contributed by atoms with van der Waals surface area (Å²) in [4.78, 5) is 29.6. The Hall–Kier alpha value is -2.27. The van der Waals surface area contributed by atoms with Gasteiger partial charge in [0.2, 0.25) is 0 Å². The molecule has 0 spiro atoms. The third kappa shape index (κ3) is 6.30. The summed E-state index contributed by atoms with van der Waals surface area (Å²) in [5.74, 6) is -0.760. The smallest absolute Gasteiger partial charge is 0.338 e. The summed E-state index contributed by atoms with van der Waals surface area (Å²) in [6.45, 7) is -0.754. The Bertz CT molecular complexity index is 1430. The van der Waals surface area contributed by atoms with Crippen LogP contribution in [0.5, 0.6) is 0 Å². The highest BCUT2D eigenvalue weighted by Crippen LogP contribution is 2.42. The lowest BCUT2D eigenvalue weighted by molar-refractivity contribution is -0.139. The number of hydrogen-bond acceptors (Lipinski definition) is 6. The molecular formula is C25H23Br3FN3O5S. The van der Waals surface area contributed by atoms with Crippen LogP contribution in [0.2, 0.25) is 0 Å². The number of ether oxygens (including phenoxy) is 1. The standard InChI is InChI=1S/C25H23Br3FN3O5S/c1-31-23(19-7-6-16(13-30)9-21(19)38(2,35)36)22(24(33)37-14-17(28)10-26)20(11-27)32(25(31)34)18-5-3-4-15(8-18)12-29/h3-9,17,23H,10-12,14H2,1-2H3/t17?,23-/m1/s1. The number of nitriles is 1. The SMILES string of the molecule is CN1C(=O)N(c2cccc(CF)c2)C(CBr)=C(C(=O)OCC(Br)CBr)[C@H]1c1ccc(C#N)cc1S(C)(=O)=O. The van der Waals surface area contributed by atoms with Crippen molar-refractivity contribution in [2.24, 2.45) is 0 Å². The summed E-state index contributed by atoms with van der Waals surface area (Å²) in [7, 11) is -2.44. The van der Waals surface area contributed by atoms with Crippen molar-refractivity contribution < 1.29 is 27.1 Å². The van der Waals surface area contributed by atoms with Gasteiger partial charge in [-0.25, -0.2) is 22.4 Å². The van der Waals surface area contributed by atoms with Gasteiger partial charge in [-0.05, 0) is 35.4 Å². The van der Waals surface area contributed by atoms with E-state index in [1.54, 1.807) is 18.2 Å². The average Bonchev–Trinajstić information content (AvgIpc) is 2.91. The van der Waals surface area contributed by atoms with Crippen molar-refractivity contribution in [3.63, 3.8) is 0 Å². The van der Waals surface area contributed by atoms with Gasteiger partial charge in [-0.1, -0.05) is 66.0 Å². The van der Waals surface area contributed by atoms with Crippen LogP contribution in [0.4, 0.5) is 14.9 Å². The monoisotopic (exact) mass is 733 g/mol. The number of nitrogens with zero attached hydrogens (tertiary/aromatic N) is 3. The Labute approximate surface area is 245 Å². The number of allylic oxidation sites excluding steroid dienone is 1. The molecule has 2 aromatic carbocycles. The normalized spacial score (nSPS) is 16.9. The summed E-state index contributed by atoms with van der Waals surface area (Å²) < 4.78 is 44.6. The third-order valence-electron chi connectivity index (χ3n) is 5.80. The summed E-state index contributed by atoms with van der Waals surface area (Å²) in [6, 6.07) is 10.5. The van der Waals surface area contributed by atoms with Gasteiger partial charge in [-0.2, -0.15) is 5.26 Å². The molecule has 202 valence electrons. The van der Waals surface area contributed by atoms with E-state index in [1.807, 2.05) is 6.07 Å². The minimum absolute atomic E-state index is 0.00281. The zero-order valence-corrected chi connectivity index (χ0v) is 25.9. The summed E-state index contributed by atoms with van der Waals surface area (Å²) in [5.41, 5.74) is 1.16. The van der Waals surface area contributed by atoms with Gasteiger partial charge in [0.25, 0.3) is 0 Å². The predicted octanol–water partition coefficient (Wildman–Crippen LogP) is 5.39. The Morgan fingerprint density at radius 2 is 1.95 bits per heavy atom. The number of alkyl halides is 4. The van der Waals surface area contributed by atoms with Crippen molar-refractivity contribution in [2.75, 3.05) is 35.5 Å². The molecular weight excluding hydrogens is 713 g/mol. The maximum Gasteiger partial charge on any atom is 0.338 e. The number of carbonyl (C=O) groups excluding carboxylic acids is 2. The van der Waals surface area contributed by atoms with Crippen LogP contribution in [0.1, 0.15) is 22.7 Å². The van der Waals surface area contributed by atoms with Gasteiger partial charge in [0, 0.05) is 24.0 Å². The molecule has 0 saturated heterocycles. The first-order chi connectivity index (χ1) is 18.0. The lowest BCUT2D eigenvalue weighted by atomic mass is 9.92. The molecule has 0 fully saturated rings. The molecule has 1 unspecified atom stereocenters. The molecule has 2 amide bonds. The van der Waals surface area contributed by atoms with Crippen LogP contribution in [0.25, 0.3) is 0 Å². The van der Waals surface area contributed by atoms with Crippen molar-refractivity contribution in [1.29, 1.82) is 5.26 Å². The van der Waals surface area contributed by atoms with Gasteiger partial charge in [0.15, 0.2) is 9.84 Å². The fourth-order valence-electron chi connectivity index (χ4n) is 4.07. The fraction of sp³-hybridized carbons (Fsp3) is 0.320. The highest BCUT2D eigenvalue weighted by Gasteiger charge is 2.44. The minimum Gasteiger partial charge on any atom is -0.461 e. The summed E-state index contributed by atoms with van der Waals surface area (Å²) >= 11 is 10.1. The highest BCUT2D eigenvalue weighted by atomic mass is 79.9. The zero-order chi connectivity index (χ0) is 28.2. The van der Waals surface area contributed by atoms with Crippen LogP contribution < -0.4 is 4.90 Å². The van der Waals surface area contributed by atoms with Crippen LogP contribution >= 0.6 is 47.8 Å². The van der Waals surface area contributed by atoms with E-state index < -0.39 is 34.6 Å². The van der Waals surface area contributed by atoms with E-state index in [4.69, 9.17) is 4.74 Å². The van der Waals surface area contributed by atoms with Gasteiger partial charge < -0.3 is 9.64 Å². The van der Waals surface area contributed by atoms with Gasteiger partial charge in [0.05, 0.1) is 44.4 Å². The quantitative estimate of drug-likeness (QED) is 0.253. The van der Waals surface area contributed by atoms with Gasteiger partial charge in [-0.15, -0.1) is 0 Å². The first-order valence-corrected chi connectivity index (χ1v) is 16.2. The first kappa shape index (κ1) is 30.3. The number of esters is 1. The molecule has 8 nitrogen and oxygen atoms in total. The maximum atomic E-state index is 13.8. The number of hydrogen-bond donors (Lipinski definition) is 0. The van der Waals surface area contributed by atoms with Crippen LogP contribution in [0, 0.1) is 11.3 Å². The molecule has 1 heterocycles. The fourth-order valence-corrected chi connectivity index (χ4v) is 5.89. The molecule has 0 aliphatic carbocycles. The average molecular weight is 736 g/mol. The molecule has 1 aliphatic heterocycles. The molecule has 0 radical (unpaired) electrons. The van der Waals surface area contributed by atoms with Crippen LogP contribution in [-0.4, -0.2) is 60.7 Å². The zero-order valence-electron chi connectivity index (χ0n) is 20.3. The van der Waals surface area contributed by atoms with Crippen molar-refractivity contribution in [3.05, 3.63) is 70.4 Å². The van der Waals surface area contributed by atoms with E-state index in [0.29, 0.717) is 16.6 Å². The summed E-state index contributed by atoms with van der Waals surface area (Å²) in [6.07, 6.45) is 0.991. The second-order valence-corrected chi connectivity index (χ2v) is 12.9. The summed E-state index contributed by atoms with van der Waals surface area (Å²) in [5, 5.41) is 9.88. The van der Waals surface area contributed by atoms with E-state index in [-0.39, 0.29) is 44.1 Å². The number of amides is 2. The van der Waals surface area contributed by atoms with Crippen molar-refractivity contribution >= 4 is 75.3 Å². The Balaban J connectivity index is 2.34. The molecule has 38 heavy (non-hydrogen) atoms. The Morgan fingerprint density at radius 1 is 1.24 bits per heavy atom. The Morgan fingerprint density at radius 3 is 2.53 bits per heavy atom. The van der Waals surface area contributed by atoms with Crippen LogP contribution in [-0.2, 0) is 26.0 Å². The number of likely N-dealkylation sites (N-methyl/N-ethyl adjacent to an activating group) is 1. The Kier molecular flexibility index (Phi) is 10.1. The third-order valence-corrected chi connectivity index (χ3v) is 9.73. The van der Waals surface area contributed by atoms with E-state index in [0.717, 1.165) is 6.26 Å². The number of urea groups is 1. The van der Waals surface area contributed by atoms with Crippen LogP contribution in [0.3, 0.4) is 0 Å². The molecule has 2 aromatic rings. The number of halogens is 4. The predicted molar refractivity (Wildman–Crippen MR) is 152 cm³/mol. The maximum absolute atomic E-state index is 13.8. The molecule has 3 rings (SSSR count). The van der Waals surface area contributed by atoms with Crippen molar-refractivity contribution in [1.82, 2.24) is 4.90 Å². The molecule has 2 atom stereocenters. The number of anilines is 1.